The van der Waals surface area contributed by atoms with Gasteiger partial charge in [0.15, 0.2) is 0 Å². The third kappa shape index (κ3) is 0.723. The average Bonchev–Trinajstić information content (AvgIpc) is 1.69. The van der Waals surface area contributed by atoms with Crippen molar-refractivity contribution in [2.45, 2.75) is 0 Å². The lowest BCUT2D eigenvalue weighted by Crippen LogP contribution is -2.19. The number of hydrogen-bond donors (Lipinski definition) is 1. The fourth-order valence-electron chi connectivity index (χ4n) is 0.307. The predicted octanol–water partition coefficient (Wildman–Crippen LogP) is 0.0774. The number of nitrogens with one attached hydrogen (secondary N) is 1. The highest BCUT2D eigenvalue weighted by Crippen LogP contribution is 1.79. The highest BCUT2D eigenvalue weighted by atomic mass is 16.5. The van der Waals surface area contributed by atoms with Crippen LogP contribution in [0.4, 0.5) is 0 Å². The van der Waals surface area contributed by atoms with Crippen LogP contribution in [0, 0.1) is 0 Å². The molecule has 34 valence electrons. The first-order chi connectivity index (χ1) is 3.39. The molecule has 0 bridgehead atoms. The average molecular weight is 86.1 g/mol. The van der Waals surface area contributed by atoms with Gasteiger partial charge in [-0.15, -0.1) is 0 Å². The summed E-state index contributed by atoms with van der Waals surface area (Å²) in [5.74, 6) is 0. The lowest BCUT2D eigenvalue weighted by atomic mass is 10.6. The van der Waals surface area contributed by atoms with E-state index in [1.807, 2.05) is 6.08 Å². The Morgan fingerprint density at radius 2 is 3.00 bits per heavy atom. The van der Waals surface area contributed by atoms with Crippen LogP contribution in [0.1, 0.15) is 1.37 Å². The first kappa shape index (κ1) is 2.64. The zero-order valence-corrected chi connectivity index (χ0v) is 3.35. The molecule has 0 saturated heterocycles. The molecule has 6 heavy (non-hydrogen) atoms. The van der Waals surface area contributed by atoms with Gasteiger partial charge in [0.25, 0.3) is 0 Å². The van der Waals surface area contributed by atoms with Gasteiger partial charge in [0, 0.05) is 6.54 Å². The molecular formula is C4H7NO. The molecule has 1 N–H and O–H groups in total. The molecule has 0 aromatic carbocycles. The van der Waals surface area contributed by atoms with E-state index in [-0.39, 0.29) is 0 Å². The Labute approximate surface area is 38.2 Å². The summed E-state index contributed by atoms with van der Waals surface area (Å²) >= 11 is 0. The standard InChI is InChI=1S/C4H7NO/c1-2-5-4-6-3-1/h1,3,5H,2,4H2/i4D. The first-order valence-corrected chi connectivity index (χ1v) is 1.86. The van der Waals surface area contributed by atoms with E-state index in [9.17, 15) is 0 Å². The molecule has 1 atom stereocenters. The van der Waals surface area contributed by atoms with Crippen molar-refractivity contribution >= 4 is 0 Å². The summed E-state index contributed by atoms with van der Waals surface area (Å²) in [6.07, 6.45) is 3.36. The highest BCUT2D eigenvalue weighted by molar-refractivity contribution is 4.78. The molecule has 0 radical (unpaired) electrons. The van der Waals surface area contributed by atoms with Crippen LogP contribution in [0.25, 0.3) is 0 Å². The Morgan fingerprint density at radius 3 is 3.33 bits per heavy atom. The Hall–Kier alpha value is -0.500. The van der Waals surface area contributed by atoms with Gasteiger partial charge in [-0.05, 0) is 6.08 Å². The van der Waals surface area contributed by atoms with Crippen LogP contribution in [0.15, 0.2) is 12.3 Å². The monoisotopic (exact) mass is 86.1 g/mol. The van der Waals surface area contributed by atoms with E-state index >= 15 is 0 Å². The molecule has 0 aliphatic carbocycles. The van der Waals surface area contributed by atoms with Crippen LogP contribution in [0.5, 0.6) is 0 Å². The van der Waals surface area contributed by atoms with Crippen LogP contribution in [-0.4, -0.2) is 13.3 Å². The fraction of sp³-hybridized carbons (Fsp3) is 0.500. The van der Waals surface area contributed by atoms with E-state index in [1.54, 1.807) is 0 Å². The Morgan fingerprint density at radius 1 is 2.00 bits per heavy atom. The zero-order chi connectivity index (χ0) is 5.11. The Balaban J connectivity index is 2.32. The Kier molecular flexibility index (Phi) is 0.801. The van der Waals surface area contributed by atoms with Crippen LogP contribution >= 0.6 is 0 Å². The molecule has 2 nitrogen and oxygen atoms in total. The van der Waals surface area contributed by atoms with Gasteiger partial charge in [0.2, 0.25) is 0 Å². The van der Waals surface area contributed by atoms with Gasteiger partial charge in [0.05, 0.1) is 7.63 Å². The van der Waals surface area contributed by atoms with Gasteiger partial charge in [-0.25, -0.2) is 0 Å². The van der Waals surface area contributed by atoms with Gasteiger partial charge in [0.1, 0.15) is 6.71 Å². The molecular weight excluding hydrogens is 78.0 g/mol. The molecule has 0 fully saturated rings. The van der Waals surface area contributed by atoms with Crippen molar-refractivity contribution in [1.82, 2.24) is 5.32 Å². The largest absolute Gasteiger partial charge is 0.486 e. The maximum absolute atomic E-state index is 6.89. The third-order valence-corrected chi connectivity index (χ3v) is 0.562. The molecule has 0 aromatic heterocycles. The van der Waals surface area contributed by atoms with E-state index in [0.717, 1.165) is 6.54 Å². The summed E-state index contributed by atoms with van der Waals surface area (Å²) in [5, 5.41) is 2.74. The molecule has 0 aromatic rings. The van der Waals surface area contributed by atoms with E-state index in [1.165, 1.54) is 6.26 Å². The topological polar surface area (TPSA) is 21.3 Å². The maximum Gasteiger partial charge on any atom is 0.138 e. The van der Waals surface area contributed by atoms with Crippen molar-refractivity contribution in [3.05, 3.63) is 12.3 Å². The summed E-state index contributed by atoms with van der Waals surface area (Å²) in [6.45, 7) is 0.193. The number of ether oxygens (including phenoxy) is 1. The maximum atomic E-state index is 6.89. The SMILES string of the molecule is [2H]C1NCC=CO1. The number of hydrogen-bond acceptors (Lipinski definition) is 2. The van der Waals surface area contributed by atoms with Crippen LogP contribution in [0.3, 0.4) is 0 Å². The second-order valence-electron chi connectivity index (χ2n) is 1.03. The van der Waals surface area contributed by atoms with Gasteiger partial charge in [-0.3, -0.25) is 5.32 Å². The van der Waals surface area contributed by atoms with Gasteiger partial charge >= 0.3 is 0 Å². The van der Waals surface area contributed by atoms with Gasteiger partial charge < -0.3 is 4.74 Å². The molecule has 1 aliphatic rings. The van der Waals surface area contributed by atoms with E-state index in [0.29, 0.717) is 0 Å². The van der Waals surface area contributed by atoms with Crippen molar-refractivity contribution in [3.8, 4) is 0 Å². The summed E-state index contributed by atoms with van der Waals surface area (Å²) in [6, 6.07) is 0. The lowest BCUT2D eigenvalue weighted by Gasteiger charge is -2.04. The lowest BCUT2D eigenvalue weighted by molar-refractivity contribution is 0.212. The first-order valence-electron chi connectivity index (χ1n) is 2.43. The normalized spacial score (nSPS) is 34.7. The third-order valence-electron chi connectivity index (χ3n) is 0.562. The van der Waals surface area contributed by atoms with E-state index in [2.05, 4.69) is 10.1 Å². The van der Waals surface area contributed by atoms with Crippen LogP contribution < -0.4 is 5.32 Å². The number of rotatable bonds is 0. The second-order valence-corrected chi connectivity index (χ2v) is 1.03. The molecule has 2 heteroatoms. The quantitative estimate of drug-likeness (QED) is 0.450. The molecule has 0 spiro atoms. The van der Waals surface area contributed by atoms with Crippen LogP contribution in [-0.2, 0) is 4.74 Å². The van der Waals surface area contributed by atoms with Crippen molar-refractivity contribution in [3.63, 3.8) is 0 Å². The summed E-state index contributed by atoms with van der Waals surface area (Å²) in [4.78, 5) is 0. The molecule has 1 aliphatic heterocycles. The molecule has 0 saturated carbocycles. The summed E-state index contributed by atoms with van der Waals surface area (Å²) in [7, 11) is 0. The Bertz CT molecular complexity index is 83.8. The minimum absolute atomic E-state index is 0.551. The second kappa shape index (κ2) is 1.82. The van der Waals surface area contributed by atoms with Crippen molar-refractivity contribution in [2.24, 2.45) is 0 Å². The van der Waals surface area contributed by atoms with E-state index < -0.39 is 6.71 Å². The zero-order valence-electron chi connectivity index (χ0n) is 4.35. The minimum atomic E-state index is -0.551. The smallest absolute Gasteiger partial charge is 0.138 e. The van der Waals surface area contributed by atoms with E-state index in [4.69, 9.17) is 1.37 Å². The molecule has 1 heterocycles. The minimum Gasteiger partial charge on any atom is -0.486 e. The van der Waals surface area contributed by atoms with Crippen molar-refractivity contribution in [2.75, 3.05) is 13.3 Å². The predicted molar refractivity (Wildman–Crippen MR) is 23.1 cm³/mol. The highest BCUT2D eigenvalue weighted by Gasteiger charge is 1.83. The molecule has 1 rings (SSSR count). The fourth-order valence-corrected chi connectivity index (χ4v) is 0.307. The van der Waals surface area contributed by atoms with Gasteiger partial charge in [-0.1, -0.05) is 0 Å². The molecule has 0 amide bonds. The van der Waals surface area contributed by atoms with Crippen molar-refractivity contribution in [1.29, 1.82) is 0 Å². The summed E-state index contributed by atoms with van der Waals surface area (Å²) < 4.78 is 11.5. The van der Waals surface area contributed by atoms with Gasteiger partial charge in [-0.2, -0.15) is 0 Å². The van der Waals surface area contributed by atoms with Crippen LogP contribution in [0.2, 0.25) is 0 Å². The molecule has 1 unspecified atom stereocenters. The summed E-state index contributed by atoms with van der Waals surface area (Å²) in [5.41, 5.74) is 0. The van der Waals surface area contributed by atoms with Crippen molar-refractivity contribution < 1.29 is 6.11 Å².